The van der Waals surface area contributed by atoms with Gasteiger partial charge in [-0.25, -0.2) is 0 Å². The van der Waals surface area contributed by atoms with Gasteiger partial charge in [0.25, 0.3) is 0 Å². The van der Waals surface area contributed by atoms with Crippen LogP contribution in [0.1, 0.15) is 13.8 Å². The van der Waals surface area contributed by atoms with Gasteiger partial charge in [-0.1, -0.05) is 30.3 Å². The Kier molecular flexibility index (Phi) is 7.11. The number of carbonyl (C=O) groups is 1. The zero-order valence-corrected chi connectivity index (χ0v) is 16.9. The fourth-order valence-electron chi connectivity index (χ4n) is 3.03. The summed E-state index contributed by atoms with van der Waals surface area (Å²) in [7, 11) is 0. The third kappa shape index (κ3) is 5.75. The summed E-state index contributed by atoms with van der Waals surface area (Å²) >= 11 is 0. The van der Waals surface area contributed by atoms with E-state index in [1.807, 2.05) is 66.7 Å². The van der Waals surface area contributed by atoms with Crippen LogP contribution in [0.5, 0.6) is 11.5 Å². The van der Waals surface area contributed by atoms with Gasteiger partial charge in [0.1, 0.15) is 5.75 Å². The Hall–Kier alpha value is -3.47. The van der Waals surface area contributed by atoms with Crippen LogP contribution in [0, 0.1) is 0 Å². The summed E-state index contributed by atoms with van der Waals surface area (Å²) in [4.78, 5) is 14.7. The lowest BCUT2D eigenvalue weighted by atomic mass is 10.2. The molecule has 5 heteroatoms. The molecule has 0 unspecified atom stereocenters. The van der Waals surface area contributed by atoms with Crippen molar-refractivity contribution in [2.24, 2.45) is 0 Å². The van der Waals surface area contributed by atoms with Gasteiger partial charge in [-0.15, -0.1) is 0 Å². The van der Waals surface area contributed by atoms with E-state index in [0.29, 0.717) is 11.4 Å². The number of carbonyl (C=O) groups excluding carboxylic acids is 1. The van der Waals surface area contributed by atoms with E-state index in [0.717, 1.165) is 24.5 Å². The van der Waals surface area contributed by atoms with Gasteiger partial charge < -0.3 is 20.3 Å². The van der Waals surface area contributed by atoms with Gasteiger partial charge in [-0.3, -0.25) is 4.79 Å². The van der Waals surface area contributed by atoms with E-state index >= 15 is 0 Å². The number of rotatable bonds is 9. The first-order chi connectivity index (χ1) is 14.2. The fourth-order valence-corrected chi connectivity index (χ4v) is 3.03. The largest absolute Gasteiger partial charge is 0.455 e. The normalized spacial score (nSPS) is 10.3. The maximum Gasteiger partial charge on any atom is 0.243 e. The van der Waals surface area contributed by atoms with Crippen molar-refractivity contribution < 1.29 is 9.53 Å². The quantitative estimate of drug-likeness (QED) is 0.516. The smallest absolute Gasteiger partial charge is 0.243 e. The molecule has 5 nitrogen and oxygen atoms in total. The van der Waals surface area contributed by atoms with E-state index in [4.69, 9.17) is 4.74 Å². The Morgan fingerprint density at radius 2 is 1.52 bits per heavy atom. The molecule has 1 amide bonds. The average Bonchev–Trinajstić information content (AvgIpc) is 2.76. The van der Waals surface area contributed by atoms with Crippen LogP contribution in [0.4, 0.5) is 17.1 Å². The number of nitrogens with zero attached hydrogens (tertiary/aromatic N) is 1. The Morgan fingerprint density at radius 3 is 2.21 bits per heavy atom. The summed E-state index contributed by atoms with van der Waals surface area (Å²) < 4.78 is 5.89. The summed E-state index contributed by atoms with van der Waals surface area (Å²) in [5.74, 6) is 1.19. The number of para-hydroxylation sites is 3. The summed E-state index contributed by atoms with van der Waals surface area (Å²) in [6.07, 6.45) is 0. The Morgan fingerprint density at radius 1 is 0.862 bits per heavy atom. The molecule has 0 heterocycles. The van der Waals surface area contributed by atoms with Crippen LogP contribution in [0.2, 0.25) is 0 Å². The molecule has 0 bridgehead atoms. The molecule has 29 heavy (non-hydrogen) atoms. The van der Waals surface area contributed by atoms with E-state index < -0.39 is 0 Å². The van der Waals surface area contributed by atoms with Crippen LogP contribution in [-0.2, 0) is 4.79 Å². The lowest BCUT2D eigenvalue weighted by Gasteiger charge is -2.21. The molecule has 2 N–H and O–H groups in total. The maximum absolute atomic E-state index is 12.4. The molecule has 0 aliphatic carbocycles. The minimum absolute atomic E-state index is 0.137. The van der Waals surface area contributed by atoms with Gasteiger partial charge in [-0.05, 0) is 62.4 Å². The SMILES string of the molecule is CCN(CC)c1ccc(NCC(=O)Nc2ccccc2Oc2ccccc2)cc1. The maximum atomic E-state index is 12.4. The highest BCUT2D eigenvalue weighted by Gasteiger charge is 2.09. The minimum Gasteiger partial charge on any atom is -0.455 e. The van der Waals surface area contributed by atoms with E-state index in [-0.39, 0.29) is 12.5 Å². The fraction of sp³-hybridized carbons (Fsp3) is 0.208. The number of nitrogens with one attached hydrogen (secondary N) is 2. The molecular weight excluding hydrogens is 362 g/mol. The highest BCUT2D eigenvalue weighted by atomic mass is 16.5. The monoisotopic (exact) mass is 389 g/mol. The summed E-state index contributed by atoms with van der Waals surface area (Å²) in [6, 6.07) is 25.0. The first-order valence-electron chi connectivity index (χ1n) is 9.90. The molecule has 0 aliphatic heterocycles. The van der Waals surface area contributed by atoms with Crippen LogP contribution in [0.15, 0.2) is 78.9 Å². The zero-order chi connectivity index (χ0) is 20.5. The highest BCUT2D eigenvalue weighted by Crippen LogP contribution is 2.29. The van der Waals surface area contributed by atoms with Gasteiger partial charge in [0.2, 0.25) is 5.91 Å². The lowest BCUT2D eigenvalue weighted by Crippen LogP contribution is -2.22. The van der Waals surface area contributed by atoms with Gasteiger partial charge >= 0.3 is 0 Å². The van der Waals surface area contributed by atoms with Crippen molar-refractivity contribution in [2.45, 2.75) is 13.8 Å². The topological polar surface area (TPSA) is 53.6 Å². The van der Waals surface area contributed by atoms with Gasteiger partial charge in [0.05, 0.1) is 12.2 Å². The third-order valence-corrected chi connectivity index (χ3v) is 4.58. The Balaban J connectivity index is 1.57. The van der Waals surface area contributed by atoms with E-state index in [1.165, 1.54) is 5.69 Å². The molecule has 0 fully saturated rings. The second kappa shape index (κ2) is 10.2. The first-order valence-corrected chi connectivity index (χ1v) is 9.90. The zero-order valence-electron chi connectivity index (χ0n) is 16.9. The van der Waals surface area contributed by atoms with E-state index in [9.17, 15) is 4.79 Å². The summed E-state index contributed by atoms with van der Waals surface area (Å²) in [5, 5.41) is 6.08. The van der Waals surface area contributed by atoms with Crippen LogP contribution in [0.3, 0.4) is 0 Å². The van der Waals surface area contributed by atoms with E-state index in [1.54, 1.807) is 0 Å². The Bertz CT molecular complexity index is 907. The number of hydrogen-bond donors (Lipinski definition) is 2. The highest BCUT2D eigenvalue weighted by molar-refractivity contribution is 5.95. The molecule has 0 atom stereocenters. The molecule has 0 spiro atoms. The number of anilines is 3. The molecule has 3 aromatic rings. The lowest BCUT2D eigenvalue weighted by molar-refractivity contribution is -0.114. The predicted molar refractivity (Wildman–Crippen MR) is 120 cm³/mol. The average molecular weight is 389 g/mol. The second-order valence-electron chi connectivity index (χ2n) is 6.53. The van der Waals surface area contributed by atoms with Crippen LogP contribution in [-0.4, -0.2) is 25.5 Å². The molecule has 0 aromatic heterocycles. The van der Waals surface area contributed by atoms with Crippen molar-refractivity contribution in [3.05, 3.63) is 78.9 Å². The van der Waals surface area contributed by atoms with Crippen molar-refractivity contribution in [2.75, 3.05) is 35.2 Å². The van der Waals surface area contributed by atoms with Gasteiger partial charge in [0.15, 0.2) is 5.75 Å². The van der Waals surface area contributed by atoms with Crippen molar-refractivity contribution >= 4 is 23.0 Å². The van der Waals surface area contributed by atoms with Crippen LogP contribution < -0.4 is 20.3 Å². The Labute approximate surface area is 172 Å². The molecule has 0 radical (unpaired) electrons. The summed E-state index contributed by atoms with van der Waals surface area (Å²) in [5.41, 5.74) is 2.72. The molecule has 0 saturated heterocycles. The van der Waals surface area contributed by atoms with Gasteiger partial charge in [0, 0.05) is 24.5 Å². The molecule has 3 rings (SSSR count). The van der Waals surface area contributed by atoms with Crippen LogP contribution in [0.25, 0.3) is 0 Å². The number of ether oxygens (including phenoxy) is 1. The van der Waals surface area contributed by atoms with Crippen molar-refractivity contribution in [3.63, 3.8) is 0 Å². The van der Waals surface area contributed by atoms with Crippen LogP contribution >= 0.6 is 0 Å². The number of amides is 1. The molecule has 0 aliphatic rings. The molecule has 3 aromatic carbocycles. The van der Waals surface area contributed by atoms with Gasteiger partial charge in [-0.2, -0.15) is 0 Å². The number of hydrogen-bond acceptors (Lipinski definition) is 4. The first kappa shape index (κ1) is 20.3. The molecule has 0 saturated carbocycles. The van der Waals surface area contributed by atoms with Crippen molar-refractivity contribution in [1.82, 2.24) is 0 Å². The molecular formula is C24H27N3O2. The van der Waals surface area contributed by atoms with E-state index in [2.05, 4.69) is 41.5 Å². The number of benzene rings is 3. The van der Waals surface area contributed by atoms with Crippen molar-refractivity contribution in [1.29, 1.82) is 0 Å². The minimum atomic E-state index is -0.137. The summed E-state index contributed by atoms with van der Waals surface area (Å²) in [6.45, 7) is 6.38. The third-order valence-electron chi connectivity index (χ3n) is 4.58. The van der Waals surface area contributed by atoms with Crippen molar-refractivity contribution in [3.8, 4) is 11.5 Å². The second-order valence-corrected chi connectivity index (χ2v) is 6.53. The molecule has 150 valence electrons. The standard InChI is InChI=1S/C24H27N3O2/c1-3-27(4-2)20-16-14-19(15-17-20)25-18-24(28)26-22-12-8-9-13-23(22)29-21-10-6-5-7-11-21/h5-17,25H,3-4,18H2,1-2H3,(H,26,28). The predicted octanol–water partition coefficient (Wildman–Crippen LogP) is 5.38.